The van der Waals surface area contributed by atoms with Crippen molar-refractivity contribution in [1.29, 1.82) is 0 Å². The van der Waals surface area contributed by atoms with Crippen LogP contribution >= 0.6 is 0 Å². The lowest BCUT2D eigenvalue weighted by atomic mass is 10.1. The third-order valence-electron chi connectivity index (χ3n) is 3.47. The maximum absolute atomic E-state index is 4.76. The topological polar surface area (TPSA) is 17.8 Å². The van der Waals surface area contributed by atoms with Crippen LogP contribution in [0, 0.1) is 0 Å². The predicted molar refractivity (Wildman–Crippen MR) is 70.0 cm³/mol. The van der Waals surface area contributed by atoms with Crippen LogP contribution in [0.2, 0.25) is 0 Å². The molecule has 0 spiro atoms. The third-order valence-corrected chi connectivity index (χ3v) is 3.47. The number of benzene rings is 1. The molecule has 0 saturated heterocycles. The summed E-state index contributed by atoms with van der Waals surface area (Å²) in [4.78, 5) is 4.76. The molecule has 0 amide bonds. The van der Waals surface area contributed by atoms with E-state index in [9.17, 15) is 0 Å². The lowest BCUT2D eigenvalue weighted by Crippen LogP contribution is -2.07. The van der Waals surface area contributed by atoms with Crippen LogP contribution in [0.5, 0.6) is 0 Å². The highest BCUT2D eigenvalue weighted by molar-refractivity contribution is 5.99. The Labute approximate surface area is 99.6 Å². The number of aryl methyl sites for hydroxylation is 1. The molecule has 17 heavy (non-hydrogen) atoms. The normalized spacial score (nSPS) is 14.4. The zero-order valence-electron chi connectivity index (χ0n) is 9.43. The quantitative estimate of drug-likeness (QED) is 0.566. The van der Waals surface area contributed by atoms with Crippen molar-refractivity contribution in [2.24, 2.45) is 0 Å². The highest BCUT2D eigenvalue weighted by atomic mass is 15.0. The van der Waals surface area contributed by atoms with Gasteiger partial charge in [0, 0.05) is 23.7 Å². The number of pyridine rings is 1. The van der Waals surface area contributed by atoms with Crippen LogP contribution in [0.3, 0.4) is 0 Å². The minimum atomic E-state index is 1.06. The fourth-order valence-electron chi connectivity index (χ4n) is 2.63. The summed E-state index contributed by atoms with van der Waals surface area (Å²) < 4.78 is 2.29. The van der Waals surface area contributed by atoms with E-state index in [1.807, 2.05) is 6.07 Å². The number of allylic oxidation sites excluding steroid dienone is 1. The highest BCUT2D eigenvalue weighted by Crippen LogP contribution is 2.34. The van der Waals surface area contributed by atoms with Crippen molar-refractivity contribution >= 4 is 17.0 Å². The molecule has 2 nitrogen and oxygen atoms in total. The molecular formula is C15H12N2. The Bertz CT molecular complexity index is 706. The number of aromatic nitrogens is 2. The summed E-state index contributed by atoms with van der Waals surface area (Å²) >= 11 is 0. The van der Waals surface area contributed by atoms with E-state index in [2.05, 4.69) is 47.2 Å². The lowest BCUT2D eigenvalue weighted by Gasteiger charge is -2.16. The maximum Gasteiger partial charge on any atom is 0.0953 e. The molecule has 3 aliphatic rings. The average Bonchev–Trinajstić information content (AvgIpc) is 2.78. The minimum absolute atomic E-state index is 1.06. The van der Waals surface area contributed by atoms with Crippen molar-refractivity contribution in [2.75, 3.05) is 0 Å². The van der Waals surface area contributed by atoms with Crippen LogP contribution < -0.4 is 0 Å². The van der Waals surface area contributed by atoms with E-state index >= 15 is 0 Å². The molecule has 1 aromatic carbocycles. The molecule has 0 aromatic heterocycles. The van der Waals surface area contributed by atoms with Gasteiger partial charge in [0.15, 0.2) is 0 Å². The van der Waals surface area contributed by atoms with Crippen LogP contribution in [0.15, 0.2) is 42.6 Å². The number of nitrogens with zero attached hydrogens (tertiary/aromatic N) is 2. The van der Waals surface area contributed by atoms with Crippen molar-refractivity contribution in [3.05, 3.63) is 48.3 Å². The third kappa shape index (κ3) is 1.18. The minimum Gasteiger partial charge on any atom is -0.346 e. The molecule has 0 aliphatic carbocycles. The Morgan fingerprint density at radius 3 is 3.06 bits per heavy atom. The van der Waals surface area contributed by atoms with E-state index in [4.69, 9.17) is 4.98 Å². The van der Waals surface area contributed by atoms with E-state index in [0.717, 1.165) is 24.2 Å². The molecule has 0 radical (unpaired) electrons. The number of hydrogen-bond donors (Lipinski definition) is 0. The van der Waals surface area contributed by atoms with Gasteiger partial charge in [-0.05, 0) is 24.6 Å². The van der Waals surface area contributed by atoms with Crippen LogP contribution in [0.1, 0.15) is 12.1 Å². The van der Waals surface area contributed by atoms with Crippen LogP contribution in [0.4, 0.5) is 0 Å². The van der Waals surface area contributed by atoms with Crippen molar-refractivity contribution in [3.8, 4) is 11.3 Å². The predicted octanol–water partition coefficient (Wildman–Crippen LogP) is 3.56. The van der Waals surface area contributed by atoms with Crippen molar-refractivity contribution in [3.63, 3.8) is 0 Å². The van der Waals surface area contributed by atoms with Crippen LogP contribution in [-0.4, -0.2) is 9.55 Å². The van der Waals surface area contributed by atoms with E-state index < -0.39 is 0 Å². The first kappa shape index (κ1) is 8.99. The van der Waals surface area contributed by atoms with E-state index in [1.165, 1.54) is 16.6 Å². The van der Waals surface area contributed by atoms with Gasteiger partial charge in [0.2, 0.25) is 0 Å². The number of para-hydroxylation sites is 1. The number of rotatable bonds is 0. The van der Waals surface area contributed by atoms with Gasteiger partial charge in [0.1, 0.15) is 0 Å². The van der Waals surface area contributed by atoms with E-state index in [0.29, 0.717) is 0 Å². The summed E-state index contributed by atoms with van der Waals surface area (Å²) in [6.07, 6.45) is 7.71. The first-order valence-electron chi connectivity index (χ1n) is 5.97. The number of fused-ring (bicyclic) bond motifs is 5. The van der Waals surface area contributed by atoms with Gasteiger partial charge >= 0.3 is 0 Å². The summed E-state index contributed by atoms with van der Waals surface area (Å²) in [6.45, 7) is 1.06. The molecule has 0 atom stereocenters. The SMILES string of the molecule is C1=Cc2c3nc4ccccc4c-3ccn2CC1. The van der Waals surface area contributed by atoms with Crippen molar-refractivity contribution < 1.29 is 0 Å². The van der Waals surface area contributed by atoms with Gasteiger partial charge in [-0.3, -0.25) is 0 Å². The molecule has 1 aromatic rings. The Balaban J connectivity index is 2.16. The first-order valence-corrected chi connectivity index (χ1v) is 5.97. The average molecular weight is 220 g/mol. The van der Waals surface area contributed by atoms with Gasteiger partial charge in [-0.15, -0.1) is 0 Å². The van der Waals surface area contributed by atoms with Crippen molar-refractivity contribution in [1.82, 2.24) is 9.55 Å². The van der Waals surface area contributed by atoms with Gasteiger partial charge in [0.25, 0.3) is 0 Å². The molecule has 3 aliphatic heterocycles. The second-order valence-electron chi connectivity index (χ2n) is 4.48. The fraction of sp³-hybridized carbons (Fsp3) is 0.133. The molecule has 0 saturated carbocycles. The molecule has 0 N–H and O–H groups in total. The standard InChI is InChI=1S/C15H12N2/c1-2-6-13-11(5-1)12-8-10-17-9-4-3-7-14(17)15(12)16-13/h1-3,5-8,10H,4,9H2. The summed E-state index contributed by atoms with van der Waals surface area (Å²) in [7, 11) is 0. The smallest absolute Gasteiger partial charge is 0.0953 e. The van der Waals surface area contributed by atoms with E-state index in [1.54, 1.807) is 0 Å². The number of hydrogen-bond acceptors (Lipinski definition) is 1. The van der Waals surface area contributed by atoms with Crippen LogP contribution in [0.25, 0.3) is 28.2 Å². The fourth-order valence-corrected chi connectivity index (χ4v) is 2.63. The molecular weight excluding hydrogens is 208 g/mol. The first-order chi connectivity index (χ1) is 8.43. The second-order valence-corrected chi connectivity index (χ2v) is 4.48. The molecule has 2 heteroatoms. The maximum atomic E-state index is 4.76. The highest BCUT2D eigenvalue weighted by Gasteiger charge is 2.17. The molecule has 0 bridgehead atoms. The van der Waals surface area contributed by atoms with Gasteiger partial charge < -0.3 is 4.57 Å². The van der Waals surface area contributed by atoms with E-state index in [-0.39, 0.29) is 0 Å². The molecule has 82 valence electrons. The molecule has 0 unspecified atom stereocenters. The lowest BCUT2D eigenvalue weighted by molar-refractivity contribution is 0.686. The van der Waals surface area contributed by atoms with Gasteiger partial charge in [-0.2, -0.15) is 0 Å². The summed E-state index contributed by atoms with van der Waals surface area (Å²) in [5.41, 5.74) is 4.73. The van der Waals surface area contributed by atoms with Crippen molar-refractivity contribution in [2.45, 2.75) is 13.0 Å². The zero-order chi connectivity index (χ0) is 11.2. The van der Waals surface area contributed by atoms with Gasteiger partial charge in [-0.1, -0.05) is 24.3 Å². The zero-order valence-corrected chi connectivity index (χ0v) is 9.43. The van der Waals surface area contributed by atoms with Gasteiger partial charge in [0.05, 0.1) is 16.9 Å². The largest absolute Gasteiger partial charge is 0.346 e. The summed E-state index contributed by atoms with van der Waals surface area (Å²) in [5.74, 6) is 0. The molecule has 3 heterocycles. The Kier molecular flexibility index (Phi) is 1.69. The summed E-state index contributed by atoms with van der Waals surface area (Å²) in [5, 5.41) is 1.25. The summed E-state index contributed by atoms with van der Waals surface area (Å²) in [6, 6.07) is 10.5. The Morgan fingerprint density at radius 2 is 2.06 bits per heavy atom. The van der Waals surface area contributed by atoms with Gasteiger partial charge in [-0.25, -0.2) is 4.98 Å². The van der Waals surface area contributed by atoms with Crippen LogP contribution in [-0.2, 0) is 6.54 Å². The Morgan fingerprint density at radius 1 is 1.12 bits per heavy atom. The Hall–Kier alpha value is -2.09. The molecule has 0 fully saturated rings. The second kappa shape index (κ2) is 3.20. The molecule has 4 rings (SSSR count). The monoisotopic (exact) mass is 220 g/mol.